The number of nitrogens with zero attached hydrogens (tertiary/aromatic N) is 1. The van der Waals surface area contributed by atoms with Crippen LogP contribution in [0.5, 0.6) is 0 Å². The Morgan fingerprint density at radius 2 is 1.88 bits per heavy atom. The zero-order valence-corrected chi connectivity index (χ0v) is 15.8. The van der Waals surface area contributed by atoms with E-state index in [0.717, 1.165) is 44.2 Å². The summed E-state index contributed by atoms with van der Waals surface area (Å²) >= 11 is 0. The van der Waals surface area contributed by atoms with E-state index in [2.05, 4.69) is 5.32 Å². The quantitative estimate of drug-likeness (QED) is 0.821. The average Bonchev–Trinajstić information content (AvgIpc) is 3.44. The minimum absolute atomic E-state index is 0.0359. The topological polar surface area (TPSA) is 69.6 Å². The van der Waals surface area contributed by atoms with Gasteiger partial charge >= 0.3 is 0 Å². The van der Waals surface area contributed by atoms with E-state index in [-0.39, 0.29) is 23.8 Å². The Hall–Kier alpha value is -1.88. The molecular formula is C21H30N2O3. The molecule has 3 rings (SSSR count). The van der Waals surface area contributed by atoms with Crippen LogP contribution in [0, 0.1) is 5.92 Å². The van der Waals surface area contributed by atoms with Crippen LogP contribution in [0.2, 0.25) is 0 Å². The molecule has 1 aromatic carbocycles. The fourth-order valence-electron chi connectivity index (χ4n) is 3.43. The SMILES string of the molecule is CC(C)(O)CCc1ccc(C(=O)N[C@@H]2CCCN(C(=O)C3CC3)C2)cc1. The summed E-state index contributed by atoms with van der Waals surface area (Å²) in [6.07, 6.45) is 5.37. The highest BCUT2D eigenvalue weighted by molar-refractivity contribution is 5.94. The number of hydrogen-bond donors (Lipinski definition) is 2. The van der Waals surface area contributed by atoms with Crippen molar-refractivity contribution in [3.8, 4) is 0 Å². The molecule has 2 fully saturated rings. The molecule has 26 heavy (non-hydrogen) atoms. The molecule has 5 nitrogen and oxygen atoms in total. The van der Waals surface area contributed by atoms with Gasteiger partial charge in [0.2, 0.25) is 5.91 Å². The summed E-state index contributed by atoms with van der Waals surface area (Å²) in [4.78, 5) is 26.7. The van der Waals surface area contributed by atoms with Crippen molar-refractivity contribution < 1.29 is 14.7 Å². The van der Waals surface area contributed by atoms with E-state index in [1.54, 1.807) is 13.8 Å². The predicted octanol–water partition coefficient (Wildman–Crippen LogP) is 2.52. The minimum atomic E-state index is -0.680. The Morgan fingerprint density at radius 1 is 1.19 bits per heavy atom. The molecule has 2 aliphatic rings. The number of likely N-dealkylation sites (tertiary alicyclic amines) is 1. The highest BCUT2D eigenvalue weighted by Crippen LogP contribution is 2.31. The van der Waals surface area contributed by atoms with E-state index in [1.165, 1.54) is 0 Å². The van der Waals surface area contributed by atoms with Gasteiger partial charge in [-0.15, -0.1) is 0 Å². The lowest BCUT2D eigenvalue weighted by Gasteiger charge is -2.33. The molecule has 0 radical (unpaired) electrons. The van der Waals surface area contributed by atoms with Gasteiger partial charge in [0, 0.05) is 30.6 Å². The van der Waals surface area contributed by atoms with Crippen molar-refractivity contribution in [2.45, 2.75) is 64.0 Å². The second kappa shape index (κ2) is 7.78. The third kappa shape index (κ3) is 5.31. The lowest BCUT2D eigenvalue weighted by molar-refractivity contribution is -0.133. The van der Waals surface area contributed by atoms with Crippen molar-refractivity contribution in [2.24, 2.45) is 5.92 Å². The maximum absolute atomic E-state index is 12.5. The number of aliphatic hydroxyl groups is 1. The van der Waals surface area contributed by atoms with Crippen LogP contribution in [-0.2, 0) is 11.2 Å². The normalized spacial score (nSPS) is 20.7. The zero-order chi connectivity index (χ0) is 18.7. The molecule has 0 aromatic heterocycles. The Bertz CT molecular complexity index is 644. The van der Waals surface area contributed by atoms with Gasteiger partial charge in [-0.1, -0.05) is 12.1 Å². The molecule has 2 N–H and O–H groups in total. The van der Waals surface area contributed by atoms with Gasteiger partial charge in [-0.25, -0.2) is 0 Å². The fourth-order valence-corrected chi connectivity index (χ4v) is 3.43. The molecule has 0 unspecified atom stereocenters. The molecule has 1 heterocycles. The Kier molecular flexibility index (Phi) is 5.66. The van der Waals surface area contributed by atoms with Crippen LogP contribution in [-0.4, -0.2) is 46.6 Å². The lowest BCUT2D eigenvalue weighted by Crippen LogP contribution is -2.50. The van der Waals surface area contributed by atoms with Crippen LogP contribution < -0.4 is 5.32 Å². The molecule has 1 aliphatic carbocycles. The van der Waals surface area contributed by atoms with Crippen molar-refractivity contribution >= 4 is 11.8 Å². The number of amides is 2. The number of aryl methyl sites for hydroxylation is 1. The Balaban J connectivity index is 1.51. The van der Waals surface area contributed by atoms with Crippen molar-refractivity contribution in [3.63, 3.8) is 0 Å². The van der Waals surface area contributed by atoms with Crippen LogP contribution >= 0.6 is 0 Å². The molecule has 142 valence electrons. The summed E-state index contributed by atoms with van der Waals surface area (Å²) in [5.41, 5.74) is 1.08. The van der Waals surface area contributed by atoms with E-state index in [9.17, 15) is 14.7 Å². The molecular weight excluding hydrogens is 328 g/mol. The van der Waals surface area contributed by atoms with E-state index < -0.39 is 5.60 Å². The molecule has 5 heteroatoms. The predicted molar refractivity (Wildman–Crippen MR) is 101 cm³/mol. The van der Waals surface area contributed by atoms with Crippen molar-refractivity contribution in [1.82, 2.24) is 10.2 Å². The summed E-state index contributed by atoms with van der Waals surface area (Å²) in [6.45, 7) is 5.05. The zero-order valence-electron chi connectivity index (χ0n) is 15.8. The largest absolute Gasteiger partial charge is 0.390 e. The number of rotatable bonds is 6. The Labute approximate surface area is 155 Å². The van der Waals surface area contributed by atoms with Gasteiger partial charge in [0.25, 0.3) is 5.91 Å². The van der Waals surface area contributed by atoms with Gasteiger partial charge in [-0.05, 0) is 70.1 Å². The first-order chi connectivity index (χ1) is 12.3. The van der Waals surface area contributed by atoms with Crippen LogP contribution in [0.15, 0.2) is 24.3 Å². The smallest absolute Gasteiger partial charge is 0.251 e. The standard InChI is InChI=1S/C21H30N2O3/c1-21(2,26)12-11-15-5-7-16(8-6-15)19(24)22-18-4-3-13-23(14-18)20(25)17-9-10-17/h5-8,17-18,26H,3-4,9-14H2,1-2H3,(H,22,24)/t18-/m1/s1. The van der Waals surface area contributed by atoms with E-state index in [1.807, 2.05) is 29.2 Å². The number of nitrogens with one attached hydrogen (secondary N) is 1. The molecule has 0 bridgehead atoms. The molecule has 1 saturated heterocycles. The first-order valence-corrected chi connectivity index (χ1v) is 9.73. The van der Waals surface area contributed by atoms with Crippen LogP contribution in [0.4, 0.5) is 0 Å². The van der Waals surface area contributed by atoms with Crippen molar-refractivity contribution in [3.05, 3.63) is 35.4 Å². The molecule has 1 aromatic rings. The molecule has 0 spiro atoms. The number of benzene rings is 1. The second-order valence-electron chi connectivity index (χ2n) is 8.38. The van der Waals surface area contributed by atoms with Gasteiger partial charge < -0.3 is 15.3 Å². The van der Waals surface area contributed by atoms with E-state index >= 15 is 0 Å². The van der Waals surface area contributed by atoms with Crippen LogP contribution in [0.25, 0.3) is 0 Å². The summed E-state index contributed by atoms with van der Waals surface area (Å²) < 4.78 is 0. The summed E-state index contributed by atoms with van der Waals surface area (Å²) in [5, 5.41) is 12.9. The fraction of sp³-hybridized carbons (Fsp3) is 0.619. The highest BCUT2D eigenvalue weighted by Gasteiger charge is 2.35. The monoisotopic (exact) mass is 358 g/mol. The van der Waals surface area contributed by atoms with E-state index in [4.69, 9.17) is 0 Å². The maximum Gasteiger partial charge on any atom is 0.251 e. The first-order valence-electron chi connectivity index (χ1n) is 9.73. The third-order valence-electron chi connectivity index (χ3n) is 5.24. The number of piperidine rings is 1. The van der Waals surface area contributed by atoms with Crippen molar-refractivity contribution in [2.75, 3.05) is 13.1 Å². The number of carbonyl (C=O) groups excluding carboxylic acids is 2. The van der Waals surface area contributed by atoms with Crippen LogP contribution in [0.3, 0.4) is 0 Å². The number of hydrogen-bond acceptors (Lipinski definition) is 3. The maximum atomic E-state index is 12.5. The molecule has 1 saturated carbocycles. The number of carbonyl (C=O) groups is 2. The van der Waals surface area contributed by atoms with E-state index in [0.29, 0.717) is 18.5 Å². The second-order valence-corrected chi connectivity index (χ2v) is 8.38. The third-order valence-corrected chi connectivity index (χ3v) is 5.24. The van der Waals surface area contributed by atoms with Crippen molar-refractivity contribution in [1.29, 1.82) is 0 Å². The van der Waals surface area contributed by atoms with Crippen LogP contribution in [0.1, 0.15) is 61.9 Å². The minimum Gasteiger partial charge on any atom is -0.390 e. The van der Waals surface area contributed by atoms with Gasteiger partial charge in [0.1, 0.15) is 0 Å². The lowest BCUT2D eigenvalue weighted by atomic mass is 9.98. The molecule has 2 amide bonds. The average molecular weight is 358 g/mol. The van der Waals surface area contributed by atoms with Gasteiger partial charge in [0.15, 0.2) is 0 Å². The first kappa shape index (κ1) is 18.9. The molecule has 1 atom stereocenters. The summed E-state index contributed by atoms with van der Waals surface area (Å²) in [6, 6.07) is 7.61. The highest BCUT2D eigenvalue weighted by atomic mass is 16.3. The molecule has 1 aliphatic heterocycles. The van der Waals surface area contributed by atoms with Gasteiger partial charge in [0.05, 0.1) is 5.60 Å². The summed E-state index contributed by atoms with van der Waals surface area (Å²) in [7, 11) is 0. The summed E-state index contributed by atoms with van der Waals surface area (Å²) in [5.74, 6) is 0.422. The Morgan fingerprint density at radius 3 is 2.50 bits per heavy atom. The van der Waals surface area contributed by atoms with Gasteiger partial charge in [-0.3, -0.25) is 9.59 Å². The van der Waals surface area contributed by atoms with Gasteiger partial charge in [-0.2, -0.15) is 0 Å².